The number of unbranched alkanes of at least 4 members (excludes halogenated alkanes) is 7. The van der Waals surface area contributed by atoms with Crippen molar-refractivity contribution < 1.29 is 14.3 Å². The average molecular weight is 434 g/mol. The largest absolute Gasteiger partial charge is 0.463 e. The number of ketones is 1. The van der Waals surface area contributed by atoms with Crippen molar-refractivity contribution in [2.75, 3.05) is 19.7 Å². The van der Waals surface area contributed by atoms with Crippen LogP contribution in [0.4, 0.5) is 0 Å². The second-order valence-electron chi connectivity index (χ2n) is 8.81. The van der Waals surface area contributed by atoms with Crippen LogP contribution in [-0.4, -0.2) is 36.3 Å². The Balaban J connectivity index is 2.56. The lowest BCUT2D eigenvalue weighted by Crippen LogP contribution is -2.18. The molecule has 0 N–H and O–H groups in total. The van der Waals surface area contributed by atoms with E-state index in [0.29, 0.717) is 18.3 Å². The highest BCUT2D eigenvalue weighted by Crippen LogP contribution is 2.39. The maximum Gasteiger partial charge on any atom is 0.330 e. The quantitative estimate of drug-likeness (QED) is 0.143. The first-order chi connectivity index (χ1) is 15.1. The molecule has 1 saturated carbocycles. The molecule has 0 saturated heterocycles. The Labute approximate surface area is 191 Å². The van der Waals surface area contributed by atoms with Gasteiger partial charge in [-0.15, -0.1) is 0 Å². The van der Waals surface area contributed by atoms with Gasteiger partial charge in [0.25, 0.3) is 0 Å². The number of esters is 1. The van der Waals surface area contributed by atoms with Gasteiger partial charge >= 0.3 is 5.97 Å². The zero-order valence-corrected chi connectivity index (χ0v) is 20.7. The molecule has 0 spiro atoms. The van der Waals surface area contributed by atoms with Crippen molar-refractivity contribution in [1.29, 1.82) is 0 Å². The predicted molar refractivity (Wildman–Crippen MR) is 130 cm³/mol. The van der Waals surface area contributed by atoms with Crippen LogP contribution in [0.15, 0.2) is 23.9 Å². The van der Waals surface area contributed by atoms with Crippen molar-refractivity contribution in [3.05, 3.63) is 23.9 Å². The van der Waals surface area contributed by atoms with Gasteiger partial charge in [0.1, 0.15) is 0 Å². The van der Waals surface area contributed by atoms with Crippen molar-refractivity contribution in [2.24, 2.45) is 11.8 Å². The molecular formula is C27H47NO3. The molecule has 0 aromatic heterocycles. The number of ether oxygens (including phenoxy) is 1. The fraction of sp³-hybridized carbons (Fsp3) is 0.778. The van der Waals surface area contributed by atoms with Crippen LogP contribution < -0.4 is 0 Å². The predicted octanol–water partition coefficient (Wildman–Crippen LogP) is 6.85. The summed E-state index contributed by atoms with van der Waals surface area (Å²) in [5.74, 6) is 0.825. The van der Waals surface area contributed by atoms with Crippen LogP contribution in [0.3, 0.4) is 0 Å². The van der Waals surface area contributed by atoms with Crippen molar-refractivity contribution in [1.82, 2.24) is 4.90 Å². The van der Waals surface area contributed by atoms with Gasteiger partial charge in [-0.3, -0.25) is 4.79 Å². The summed E-state index contributed by atoms with van der Waals surface area (Å²) in [6.07, 6.45) is 19.4. The minimum Gasteiger partial charge on any atom is -0.463 e. The summed E-state index contributed by atoms with van der Waals surface area (Å²) in [5, 5.41) is 0. The van der Waals surface area contributed by atoms with Gasteiger partial charge < -0.3 is 9.64 Å². The van der Waals surface area contributed by atoms with Crippen LogP contribution >= 0.6 is 0 Å². The van der Waals surface area contributed by atoms with E-state index >= 15 is 0 Å². The van der Waals surface area contributed by atoms with Crippen LogP contribution in [0.1, 0.15) is 105 Å². The van der Waals surface area contributed by atoms with E-state index in [1.807, 2.05) is 13.0 Å². The normalized spacial score (nSPS) is 20.1. The molecule has 1 aliphatic rings. The summed E-state index contributed by atoms with van der Waals surface area (Å²) in [7, 11) is 0. The fourth-order valence-electron chi connectivity index (χ4n) is 4.57. The third-order valence-electron chi connectivity index (χ3n) is 6.46. The summed E-state index contributed by atoms with van der Waals surface area (Å²) in [5.41, 5.74) is 1.05. The first-order valence-electron chi connectivity index (χ1n) is 12.9. The minimum absolute atomic E-state index is 0.187. The fourth-order valence-corrected chi connectivity index (χ4v) is 4.57. The number of hydrogen-bond acceptors (Lipinski definition) is 4. The van der Waals surface area contributed by atoms with Crippen LogP contribution in [0.5, 0.6) is 0 Å². The van der Waals surface area contributed by atoms with Crippen LogP contribution in [0, 0.1) is 11.8 Å². The molecule has 0 bridgehead atoms. The zero-order chi connectivity index (χ0) is 22.9. The maximum absolute atomic E-state index is 13.2. The molecule has 4 heteroatoms. The van der Waals surface area contributed by atoms with Gasteiger partial charge in [0.05, 0.1) is 6.61 Å². The molecule has 1 fully saturated rings. The molecule has 0 heterocycles. The topological polar surface area (TPSA) is 46.6 Å². The molecule has 4 nitrogen and oxygen atoms in total. The molecule has 0 aliphatic heterocycles. The van der Waals surface area contributed by atoms with E-state index in [0.717, 1.165) is 50.8 Å². The highest BCUT2D eigenvalue weighted by atomic mass is 16.5. The van der Waals surface area contributed by atoms with Gasteiger partial charge in [-0.2, -0.15) is 0 Å². The molecule has 0 unspecified atom stereocenters. The summed E-state index contributed by atoms with van der Waals surface area (Å²) >= 11 is 0. The Morgan fingerprint density at radius 2 is 1.65 bits per heavy atom. The van der Waals surface area contributed by atoms with Crippen LogP contribution in [0.25, 0.3) is 0 Å². The van der Waals surface area contributed by atoms with E-state index in [9.17, 15) is 9.59 Å². The summed E-state index contributed by atoms with van der Waals surface area (Å²) in [6, 6.07) is 0. The van der Waals surface area contributed by atoms with E-state index in [-0.39, 0.29) is 11.9 Å². The number of carbonyl (C=O) groups excluding carboxylic acids is 2. The summed E-state index contributed by atoms with van der Waals surface area (Å²) in [4.78, 5) is 26.8. The third kappa shape index (κ3) is 11.0. The highest BCUT2D eigenvalue weighted by molar-refractivity contribution is 5.99. The molecular weight excluding hydrogens is 386 g/mol. The summed E-state index contributed by atoms with van der Waals surface area (Å²) in [6.45, 7) is 10.7. The van der Waals surface area contributed by atoms with E-state index in [4.69, 9.17) is 4.74 Å². The van der Waals surface area contributed by atoms with E-state index < -0.39 is 0 Å². The Kier molecular flexibility index (Phi) is 15.1. The smallest absolute Gasteiger partial charge is 0.330 e. The SMILES string of the molecule is CCCCCCCC[C@H]1CC(=CN(CC)CC)C(=O)[C@@H]1CCCCC=CC(=O)OCC. The Bertz CT molecular complexity index is 563. The molecule has 2 atom stereocenters. The molecule has 0 amide bonds. The third-order valence-corrected chi connectivity index (χ3v) is 6.46. The number of allylic oxidation sites excluding steroid dienone is 2. The Hall–Kier alpha value is -1.58. The standard InChI is InChI=1S/C27H47NO3/c1-5-9-10-11-12-15-18-23-21-24(22-28(6-2)7-3)27(30)25(23)19-16-13-14-17-20-26(29)31-8-4/h17,20,22-23,25H,5-16,18-19,21H2,1-4H3/t23-,25+/m0/s1. The molecule has 0 radical (unpaired) electrons. The molecule has 1 rings (SSSR count). The number of nitrogens with zero attached hydrogens (tertiary/aromatic N) is 1. The summed E-state index contributed by atoms with van der Waals surface area (Å²) < 4.78 is 4.91. The lowest BCUT2D eigenvalue weighted by atomic mass is 9.86. The molecule has 0 aromatic carbocycles. The van der Waals surface area contributed by atoms with Gasteiger partial charge in [0, 0.05) is 36.9 Å². The molecule has 0 aromatic rings. The number of Topliss-reactive ketones (excluding diaryl/α,β-unsaturated/α-hetero) is 1. The lowest BCUT2D eigenvalue weighted by Gasteiger charge is -2.17. The maximum atomic E-state index is 13.2. The number of rotatable bonds is 17. The Morgan fingerprint density at radius 1 is 0.968 bits per heavy atom. The van der Waals surface area contributed by atoms with Gasteiger partial charge in [-0.25, -0.2) is 4.79 Å². The van der Waals surface area contributed by atoms with Gasteiger partial charge in [0.15, 0.2) is 5.78 Å². The first kappa shape index (κ1) is 27.5. The minimum atomic E-state index is -0.265. The van der Waals surface area contributed by atoms with E-state index in [1.54, 1.807) is 0 Å². The average Bonchev–Trinajstić information content (AvgIpc) is 3.05. The second-order valence-corrected chi connectivity index (χ2v) is 8.81. The molecule has 1 aliphatic carbocycles. The number of carbonyl (C=O) groups is 2. The van der Waals surface area contributed by atoms with Gasteiger partial charge in [0.2, 0.25) is 0 Å². The van der Waals surface area contributed by atoms with E-state index in [1.165, 1.54) is 51.0 Å². The lowest BCUT2D eigenvalue weighted by molar-refractivity contribution is -0.137. The van der Waals surface area contributed by atoms with Crippen molar-refractivity contribution in [3.63, 3.8) is 0 Å². The van der Waals surface area contributed by atoms with Crippen molar-refractivity contribution in [3.8, 4) is 0 Å². The van der Waals surface area contributed by atoms with Gasteiger partial charge in [-0.05, 0) is 58.8 Å². The highest BCUT2D eigenvalue weighted by Gasteiger charge is 2.37. The monoisotopic (exact) mass is 433 g/mol. The van der Waals surface area contributed by atoms with E-state index in [2.05, 4.69) is 31.9 Å². The first-order valence-corrected chi connectivity index (χ1v) is 12.9. The van der Waals surface area contributed by atoms with Crippen LogP contribution in [0.2, 0.25) is 0 Å². The van der Waals surface area contributed by atoms with Gasteiger partial charge in [-0.1, -0.05) is 57.9 Å². The van der Waals surface area contributed by atoms with Crippen molar-refractivity contribution >= 4 is 11.8 Å². The number of hydrogen-bond donors (Lipinski definition) is 0. The second kappa shape index (κ2) is 17.0. The van der Waals surface area contributed by atoms with Crippen molar-refractivity contribution in [2.45, 2.75) is 105 Å². The van der Waals surface area contributed by atoms with Crippen LogP contribution in [-0.2, 0) is 14.3 Å². The molecule has 178 valence electrons. The zero-order valence-electron chi connectivity index (χ0n) is 20.7. The molecule has 31 heavy (non-hydrogen) atoms. The Morgan fingerprint density at radius 3 is 2.32 bits per heavy atom.